The van der Waals surface area contributed by atoms with Crippen LogP contribution in [0.2, 0.25) is 0 Å². The van der Waals surface area contributed by atoms with Crippen molar-refractivity contribution < 1.29 is 25.8 Å². The number of hydrogen-bond acceptors (Lipinski definition) is 5. The van der Waals surface area contributed by atoms with Crippen molar-refractivity contribution in [2.24, 2.45) is 23.7 Å². The number of fused-ring (bicyclic) bond motifs is 7. The first-order valence-corrected chi connectivity index (χ1v) is 23.6. The van der Waals surface area contributed by atoms with Crippen LogP contribution in [0.1, 0.15) is 43.2 Å². The van der Waals surface area contributed by atoms with E-state index in [2.05, 4.69) is 203 Å². The number of pyridine rings is 1. The number of aromatic nitrogens is 2. The topological polar surface area (TPSA) is 33.5 Å². The Morgan fingerprint density at radius 1 is 0.600 bits per heavy atom. The van der Waals surface area contributed by atoms with Gasteiger partial charge in [0.05, 0.1) is 0 Å². The third kappa shape index (κ3) is 5.96. The Balaban J connectivity index is 0.00000423. The van der Waals surface area contributed by atoms with Crippen molar-refractivity contribution >= 4 is 76.1 Å². The molecule has 5 nitrogen and oxygen atoms in total. The maximum atomic E-state index is 7.12. The van der Waals surface area contributed by atoms with Crippen LogP contribution in [0, 0.1) is 42.5 Å². The largest absolute Gasteiger partial charge is 0.508 e. The van der Waals surface area contributed by atoms with Crippen LogP contribution in [0.4, 0.5) is 22.7 Å². The van der Waals surface area contributed by atoms with E-state index < -0.39 is 0 Å². The molecule has 7 heteroatoms. The van der Waals surface area contributed by atoms with E-state index in [1.54, 1.807) is 11.3 Å². The van der Waals surface area contributed by atoms with E-state index in [1.807, 2.05) is 0 Å². The van der Waals surface area contributed by atoms with E-state index in [4.69, 9.17) is 9.72 Å². The van der Waals surface area contributed by atoms with E-state index >= 15 is 0 Å². The number of ether oxygens (including phenoxy) is 1. The number of benzene rings is 7. The maximum Gasteiger partial charge on any atom is 0.135 e. The third-order valence-electron chi connectivity index (χ3n) is 15.2. The zero-order valence-corrected chi connectivity index (χ0v) is 38.6. The SMILES string of the molecule is [Pt].[c-]1c(N2[CH-]N(c3ccccc3)c3ccccc32)cc2sc3ccccc3c2c1Oc1[c-]c2c(cc1)c1ccccc1n2-c1cc(C2(c3ccccc3)C3CC4CC(C3)CC2C4)ccn1. The van der Waals surface area contributed by atoms with Gasteiger partial charge in [-0.2, -0.15) is 17.4 Å². The van der Waals surface area contributed by atoms with Crippen molar-refractivity contribution in [1.29, 1.82) is 0 Å². The normalized spacial score (nSPS) is 22.0. The molecule has 1 aliphatic heterocycles. The zero-order chi connectivity index (χ0) is 41.9. The first-order chi connectivity index (χ1) is 31.7. The standard InChI is InChI=1S/C58H43N4OS.Pt/c1-3-13-39(14-4-1)58(41-28-37-27-38(30-41)31-42(58)29-37)40-25-26-59-56(32-40)62-49-19-9-7-17-46(49)47-24-23-45(35-52(47)62)63-53-33-44(34-55-57(53)48-18-8-12-22-54(48)64-55)61-36-60(43-15-5-2-6-16-43)50-20-10-11-21-51(50)61;/h1-26,32,34,36-38,41-42H,27-31H2;/q-3;. The van der Waals surface area contributed by atoms with Crippen LogP contribution in [-0.2, 0) is 26.5 Å². The predicted molar refractivity (Wildman–Crippen MR) is 261 cm³/mol. The van der Waals surface area contributed by atoms with Crippen LogP contribution in [-0.4, -0.2) is 9.55 Å². The fourth-order valence-electron chi connectivity index (χ4n) is 12.9. The number of para-hydroxylation sites is 4. The Morgan fingerprint density at radius 3 is 2.06 bits per heavy atom. The predicted octanol–water partition coefficient (Wildman–Crippen LogP) is 15.1. The molecule has 0 spiro atoms. The van der Waals surface area contributed by atoms with Gasteiger partial charge in [-0.15, -0.1) is 36.3 Å². The number of anilines is 4. The number of thiophene rings is 1. The van der Waals surface area contributed by atoms with Crippen molar-refractivity contribution in [1.82, 2.24) is 9.55 Å². The van der Waals surface area contributed by atoms with Crippen molar-refractivity contribution in [2.45, 2.75) is 37.5 Å². The molecule has 320 valence electrons. The van der Waals surface area contributed by atoms with Crippen LogP contribution < -0.4 is 14.5 Å². The first kappa shape index (κ1) is 39.2. The van der Waals surface area contributed by atoms with Gasteiger partial charge in [0.15, 0.2) is 0 Å². The Labute approximate surface area is 397 Å². The van der Waals surface area contributed by atoms with E-state index in [1.165, 1.54) is 53.3 Å². The van der Waals surface area contributed by atoms with Crippen molar-refractivity contribution in [3.63, 3.8) is 0 Å². The van der Waals surface area contributed by atoms with Crippen LogP contribution in [0.5, 0.6) is 11.5 Å². The van der Waals surface area contributed by atoms with Gasteiger partial charge in [0.25, 0.3) is 0 Å². The van der Waals surface area contributed by atoms with Crippen molar-refractivity contribution in [3.8, 4) is 17.3 Å². The minimum atomic E-state index is -0.0238. The molecule has 4 heterocycles. The zero-order valence-electron chi connectivity index (χ0n) is 35.5. The summed E-state index contributed by atoms with van der Waals surface area (Å²) < 4.78 is 11.8. The summed E-state index contributed by atoms with van der Waals surface area (Å²) in [7, 11) is 0. The molecule has 0 N–H and O–H groups in total. The first-order valence-electron chi connectivity index (χ1n) is 22.8. The summed E-state index contributed by atoms with van der Waals surface area (Å²) in [5.74, 6) is 5.24. The second-order valence-electron chi connectivity index (χ2n) is 18.5. The molecule has 5 aliphatic rings. The molecule has 0 unspecified atom stereocenters. The van der Waals surface area contributed by atoms with Gasteiger partial charge < -0.3 is 19.1 Å². The summed E-state index contributed by atoms with van der Waals surface area (Å²) in [5.41, 5.74) is 9.12. The van der Waals surface area contributed by atoms with Crippen LogP contribution >= 0.6 is 11.3 Å². The fraction of sp³-hybridized carbons (Fsp3) is 0.172. The molecule has 0 saturated heterocycles. The van der Waals surface area contributed by atoms with Crippen molar-refractivity contribution in [3.05, 3.63) is 200 Å². The third-order valence-corrected chi connectivity index (χ3v) is 16.3. The second-order valence-corrected chi connectivity index (χ2v) is 19.6. The van der Waals surface area contributed by atoms with Crippen LogP contribution in [0.15, 0.2) is 170 Å². The molecule has 15 rings (SSSR count). The van der Waals surface area contributed by atoms with Gasteiger partial charge in [0.2, 0.25) is 0 Å². The van der Waals surface area contributed by atoms with Gasteiger partial charge in [-0.3, -0.25) is 0 Å². The van der Waals surface area contributed by atoms with E-state index in [0.29, 0.717) is 23.3 Å². The molecular weight excluding hydrogens is 996 g/mol. The van der Waals surface area contributed by atoms with Gasteiger partial charge >= 0.3 is 0 Å². The Bertz CT molecular complexity index is 3420. The number of hydrogen-bond donors (Lipinski definition) is 0. The molecular formula is C58H43N4OPtS-3. The minimum Gasteiger partial charge on any atom is -0.508 e. The van der Waals surface area contributed by atoms with Gasteiger partial charge in [0.1, 0.15) is 5.82 Å². The molecule has 4 bridgehead atoms. The van der Waals surface area contributed by atoms with Crippen LogP contribution in [0.3, 0.4) is 0 Å². The van der Waals surface area contributed by atoms with E-state index in [9.17, 15) is 0 Å². The Hall–Kier alpha value is -6.20. The average molecular weight is 1040 g/mol. The Kier molecular flexibility index (Phi) is 9.16. The maximum absolute atomic E-state index is 7.12. The van der Waals surface area contributed by atoms with Gasteiger partial charge in [-0.25, -0.2) is 4.98 Å². The molecule has 3 aromatic heterocycles. The smallest absolute Gasteiger partial charge is 0.135 e. The molecule has 0 atom stereocenters. The summed E-state index contributed by atoms with van der Waals surface area (Å²) in [6, 6.07) is 66.7. The van der Waals surface area contributed by atoms with Crippen LogP contribution in [0.25, 0.3) is 47.8 Å². The van der Waals surface area contributed by atoms with Gasteiger partial charge in [-0.1, -0.05) is 124 Å². The quantitative estimate of drug-likeness (QED) is 0.149. The molecule has 10 aromatic rings. The summed E-state index contributed by atoms with van der Waals surface area (Å²) in [5, 5.41) is 4.51. The van der Waals surface area contributed by atoms with Gasteiger partial charge in [-0.05, 0) is 121 Å². The fourth-order valence-corrected chi connectivity index (χ4v) is 14.0. The monoisotopic (exact) mass is 1040 g/mol. The summed E-state index contributed by atoms with van der Waals surface area (Å²) in [6.07, 6.45) is 8.77. The van der Waals surface area contributed by atoms with E-state index in [0.717, 1.165) is 72.3 Å². The minimum absolute atomic E-state index is 0. The summed E-state index contributed by atoms with van der Waals surface area (Å²) >= 11 is 1.79. The number of nitrogens with zero attached hydrogens (tertiary/aromatic N) is 4. The average Bonchev–Trinajstić information content (AvgIpc) is 4.02. The molecule has 4 fully saturated rings. The number of rotatable bonds is 7. The molecule has 0 radical (unpaired) electrons. The molecule has 7 aromatic carbocycles. The van der Waals surface area contributed by atoms with Crippen molar-refractivity contribution in [2.75, 3.05) is 9.80 Å². The second kappa shape index (κ2) is 15.2. The summed E-state index contributed by atoms with van der Waals surface area (Å²) in [4.78, 5) is 9.66. The van der Waals surface area contributed by atoms with E-state index in [-0.39, 0.29) is 26.5 Å². The molecule has 4 saturated carbocycles. The molecule has 65 heavy (non-hydrogen) atoms. The molecule has 0 amide bonds. The van der Waals surface area contributed by atoms with Gasteiger partial charge in [0, 0.05) is 71.5 Å². The molecule has 4 aliphatic carbocycles. The Morgan fingerprint density at radius 2 is 1.28 bits per heavy atom. The summed E-state index contributed by atoms with van der Waals surface area (Å²) in [6.45, 7) is 2.16.